The number of aldehydes is 1. The molecule has 0 aliphatic heterocycles. The van der Waals surface area contributed by atoms with E-state index < -0.39 is 14.8 Å². The molecule has 7 heteroatoms. The average molecular weight is 381 g/mol. The minimum atomic E-state index is -3.77. The van der Waals surface area contributed by atoms with Crippen molar-refractivity contribution >= 4 is 43.3 Å². The van der Waals surface area contributed by atoms with Gasteiger partial charge in [0, 0.05) is 27.8 Å². The zero-order chi connectivity index (χ0) is 16.0. The van der Waals surface area contributed by atoms with E-state index in [0.29, 0.717) is 28.1 Å². The second-order valence-corrected chi connectivity index (χ2v) is 8.52. The van der Waals surface area contributed by atoms with Gasteiger partial charge in [0.2, 0.25) is 10.0 Å². The smallest absolute Gasteiger partial charge is 0.249 e. The van der Waals surface area contributed by atoms with Gasteiger partial charge in [-0.1, -0.05) is 28.1 Å². The molecular weight excluding hydrogens is 368 g/mol. The van der Waals surface area contributed by atoms with Gasteiger partial charge in [-0.05, 0) is 31.6 Å². The summed E-state index contributed by atoms with van der Waals surface area (Å²) in [5, 5.41) is 0.527. The van der Waals surface area contributed by atoms with E-state index in [9.17, 15) is 13.2 Å². The maximum atomic E-state index is 13.1. The van der Waals surface area contributed by atoms with E-state index in [-0.39, 0.29) is 5.65 Å². The molecule has 1 atom stereocenters. The minimum absolute atomic E-state index is 0.268. The van der Waals surface area contributed by atoms with Crippen molar-refractivity contribution in [2.24, 2.45) is 0 Å². The van der Waals surface area contributed by atoms with E-state index in [0.717, 1.165) is 3.97 Å². The highest BCUT2D eigenvalue weighted by Crippen LogP contribution is 2.34. The van der Waals surface area contributed by atoms with Gasteiger partial charge in [0.15, 0.2) is 11.9 Å². The first-order valence-electron chi connectivity index (χ1n) is 6.60. The molecule has 5 nitrogen and oxygen atoms in total. The van der Waals surface area contributed by atoms with Crippen LogP contribution < -0.4 is 0 Å². The summed E-state index contributed by atoms with van der Waals surface area (Å²) < 4.78 is 26.9. The Bertz CT molecular complexity index is 927. The Morgan fingerprint density at radius 1 is 1.45 bits per heavy atom. The zero-order valence-electron chi connectivity index (χ0n) is 11.7. The Kier molecular flexibility index (Phi) is 3.57. The van der Waals surface area contributed by atoms with E-state index in [1.807, 2.05) is 6.08 Å². The standard InChI is InChI=1S/C15H13BrN2O3S/c1-15(6-2-4-12(16)8-15)22(20,21)18-9-11(10-19)13-5-3-7-17-14(13)18/h2-5,7-10H,6H2,1H3. The quantitative estimate of drug-likeness (QED) is 0.767. The third kappa shape index (κ3) is 2.16. The molecule has 1 unspecified atom stereocenters. The van der Waals surface area contributed by atoms with Crippen LogP contribution in [0.2, 0.25) is 0 Å². The summed E-state index contributed by atoms with van der Waals surface area (Å²) in [6.07, 6.45) is 9.14. The lowest BCUT2D eigenvalue weighted by Gasteiger charge is -2.27. The summed E-state index contributed by atoms with van der Waals surface area (Å²) >= 11 is 3.33. The van der Waals surface area contributed by atoms with Gasteiger partial charge in [-0.25, -0.2) is 17.4 Å². The number of rotatable bonds is 3. The second kappa shape index (κ2) is 5.17. The first-order chi connectivity index (χ1) is 10.4. The van der Waals surface area contributed by atoms with Crippen molar-refractivity contribution in [2.45, 2.75) is 18.1 Å². The summed E-state index contributed by atoms with van der Waals surface area (Å²) in [5.74, 6) is 0. The predicted octanol–water partition coefficient (Wildman–Crippen LogP) is 3.02. The van der Waals surface area contributed by atoms with Gasteiger partial charge in [-0.2, -0.15) is 0 Å². The fourth-order valence-corrected chi connectivity index (χ4v) is 5.04. The van der Waals surface area contributed by atoms with Crippen LogP contribution in [-0.4, -0.2) is 28.4 Å². The van der Waals surface area contributed by atoms with Crippen LogP contribution in [0.25, 0.3) is 11.0 Å². The molecule has 22 heavy (non-hydrogen) atoms. The molecule has 2 aromatic heterocycles. The maximum Gasteiger partial charge on any atom is 0.249 e. The van der Waals surface area contributed by atoms with Crippen molar-refractivity contribution in [1.82, 2.24) is 8.96 Å². The molecule has 0 aromatic carbocycles. The fourth-order valence-electron chi connectivity index (χ4n) is 2.54. The molecule has 0 N–H and O–H groups in total. The van der Waals surface area contributed by atoms with Crippen LogP contribution in [0.15, 0.2) is 47.2 Å². The fraction of sp³-hybridized carbons (Fsp3) is 0.200. The van der Waals surface area contributed by atoms with Crippen LogP contribution in [0.1, 0.15) is 23.7 Å². The van der Waals surface area contributed by atoms with Crippen molar-refractivity contribution in [2.75, 3.05) is 0 Å². The highest BCUT2D eigenvalue weighted by molar-refractivity contribution is 9.11. The molecule has 114 valence electrons. The summed E-state index contributed by atoms with van der Waals surface area (Å²) in [7, 11) is -3.77. The Hall–Kier alpha value is -1.73. The van der Waals surface area contributed by atoms with Gasteiger partial charge >= 0.3 is 0 Å². The normalized spacial score (nSPS) is 21.8. The molecule has 0 saturated heterocycles. The minimum Gasteiger partial charge on any atom is -0.298 e. The number of hydrogen-bond acceptors (Lipinski definition) is 4. The molecule has 3 rings (SSSR count). The van der Waals surface area contributed by atoms with Crippen LogP contribution in [0, 0.1) is 0 Å². The molecular formula is C15H13BrN2O3S. The lowest BCUT2D eigenvalue weighted by Crippen LogP contribution is -2.38. The summed E-state index contributed by atoms with van der Waals surface area (Å²) in [6, 6.07) is 3.36. The van der Waals surface area contributed by atoms with Gasteiger partial charge in [0.1, 0.15) is 4.75 Å². The Morgan fingerprint density at radius 2 is 2.23 bits per heavy atom. The largest absolute Gasteiger partial charge is 0.298 e. The van der Waals surface area contributed by atoms with Crippen LogP contribution in [-0.2, 0) is 10.0 Å². The first kappa shape index (κ1) is 15.2. The van der Waals surface area contributed by atoms with Crippen LogP contribution in [0.3, 0.4) is 0 Å². The summed E-state index contributed by atoms with van der Waals surface area (Å²) in [5.41, 5.74) is 0.578. The highest BCUT2D eigenvalue weighted by atomic mass is 79.9. The number of allylic oxidation sites excluding steroid dienone is 3. The molecule has 0 spiro atoms. The topological polar surface area (TPSA) is 69.0 Å². The van der Waals surface area contributed by atoms with E-state index in [1.165, 1.54) is 12.4 Å². The monoisotopic (exact) mass is 380 g/mol. The molecule has 2 heterocycles. The van der Waals surface area contributed by atoms with Gasteiger partial charge < -0.3 is 0 Å². The lowest BCUT2D eigenvalue weighted by atomic mass is 10.0. The number of halogens is 1. The number of fused-ring (bicyclic) bond motifs is 1. The van der Waals surface area contributed by atoms with Crippen LogP contribution >= 0.6 is 15.9 Å². The van der Waals surface area contributed by atoms with Crippen LogP contribution in [0.4, 0.5) is 0 Å². The number of pyridine rings is 1. The molecule has 0 radical (unpaired) electrons. The Labute approximate surface area is 136 Å². The number of aromatic nitrogens is 2. The van der Waals surface area contributed by atoms with Gasteiger partial charge in [0.25, 0.3) is 0 Å². The van der Waals surface area contributed by atoms with E-state index in [4.69, 9.17) is 0 Å². The Morgan fingerprint density at radius 3 is 2.91 bits per heavy atom. The lowest BCUT2D eigenvalue weighted by molar-refractivity contribution is 0.112. The molecule has 0 fully saturated rings. The first-order valence-corrected chi connectivity index (χ1v) is 8.84. The molecule has 0 bridgehead atoms. The molecule has 1 aliphatic rings. The summed E-state index contributed by atoms with van der Waals surface area (Å²) in [4.78, 5) is 15.3. The third-order valence-corrected chi connectivity index (χ3v) is 6.53. The average Bonchev–Trinajstić information content (AvgIpc) is 2.86. The highest BCUT2D eigenvalue weighted by Gasteiger charge is 2.40. The number of nitrogens with zero attached hydrogens (tertiary/aromatic N) is 2. The molecule has 1 aliphatic carbocycles. The van der Waals surface area contributed by atoms with Crippen molar-refractivity contribution < 1.29 is 13.2 Å². The van der Waals surface area contributed by atoms with Crippen molar-refractivity contribution in [3.8, 4) is 0 Å². The molecule has 0 amide bonds. The number of carbonyl (C=O) groups excluding carboxylic acids is 1. The molecule has 0 saturated carbocycles. The number of hydrogen-bond donors (Lipinski definition) is 0. The van der Waals surface area contributed by atoms with Crippen LogP contribution in [0.5, 0.6) is 0 Å². The zero-order valence-corrected chi connectivity index (χ0v) is 14.1. The van der Waals surface area contributed by atoms with Gasteiger partial charge in [0.05, 0.1) is 0 Å². The molecule has 2 aromatic rings. The van der Waals surface area contributed by atoms with Crippen molar-refractivity contribution in [3.05, 3.63) is 52.8 Å². The number of carbonyl (C=O) groups is 1. The predicted molar refractivity (Wildman–Crippen MR) is 88.6 cm³/mol. The van der Waals surface area contributed by atoms with E-state index in [2.05, 4.69) is 20.9 Å². The third-order valence-electron chi connectivity index (χ3n) is 3.78. The maximum absolute atomic E-state index is 13.1. The Balaban J connectivity index is 2.27. The van der Waals surface area contributed by atoms with E-state index >= 15 is 0 Å². The van der Waals surface area contributed by atoms with Crippen molar-refractivity contribution in [1.29, 1.82) is 0 Å². The summed E-state index contributed by atoms with van der Waals surface area (Å²) in [6.45, 7) is 1.66. The SMILES string of the molecule is CC1(S(=O)(=O)n2cc(C=O)c3cccnc32)C=C(Br)C=CC1. The van der Waals surface area contributed by atoms with Crippen molar-refractivity contribution in [3.63, 3.8) is 0 Å². The second-order valence-electron chi connectivity index (χ2n) is 5.33. The van der Waals surface area contributed by atoms with Gasteiger partial charge in [-0.15, -0.1) is 0 Å². The van der Waals surface area contributed by atoms with E-state index in [1.54, 1.807) is 31.2 Å². The van der Waals surface area contributed by atoms with Gasteiger partial charge in [-0.3, -0.25) is 4.79 Å².